The Morgan fingerprint density at radius 3 is 2.50 bits per heavy atom. The highest BCUT2D eigenvalue weighted by Gasteiger charge is 2.12. The first-order chi connectivity index (χ1) is 11.4. The van der Waals surface area contributed by atoms with Crippen LogP contribution in [0.3, 0.4) is 0 Å². The van der Waals surface area contributed by atoms with Gasteiger partial charge in [0.05, 0.1) is 25.9 Å². The fourth-order valence-electron chi connectivity index (χ4n) is 2.40. The Hall–Kier alpha value is -1.66. The van der Waals surface area contributed by atoms with Crippen molar-refractivity contribution in [1.82, 2.24) is 10.7 Å². The molecule has 5 nitrogen and oxygen atoms in total. The van der Waals surface area contributed by atoms with Gasteiger partial charge in [0.25, 0.3) is 0 Å². The molecule has 6 heteroatoms. The molecule has 0 aliphatic heterocycles. The molecular formula is C18H31N4OS+. The van der Waals surface area contributed by atoms with Gasteiger partial charge in [-0.3, -0.25) is 5.43 Å². The fourth-order valence-corrected chi connectivity index (χ4v) is 2.69. The first kappa shape index (κ1) is 20.4. The fraction of sp³-hybridized carbons (Fsp3) is 0.556. The van der Waals surface area contributed by atoms with E-state index >= 15 is 0 Å². The van der Waals surface area contributed by atoms with Crippen LogP contribution in [-0.4, -0.2) is 37.1 Å². The molecule has 0 fully saturated rings. The smallest absolute Gasteiger partial charge is 0.187 e. The summed E-state index contributed by atoms with van der Waals surface area (Å²) in [6.07, 6.45) is 0. The molecule has 0 radical (unpaired) electrons. The van der Waals surface area contributed by atoms with Crippen LogP contribution in [0.15, 0.2) is 23.3 Å². The molecule has 24 heavy (non-hydrogen) atoms. The summed E-state index contributed by atoms with van der Waals surface area (Å²) in [6.45, 7) is 13.6. The Morgan fingerprint density at radius 2 is 1.96 bits per heavy atom. The van der Waals surface area contributed by atoms with Crippen molar-refractivity contribution < 1.29 is 9.64 Å². The lowest BCUT2D eigenvalue weighted by atomic mass is 10.1. The topological polar surface area (TPSA) is 50.1 Å². The summed E-state index contributed by atoms with van der Waals surface area (Å²) in [6, 6.07) is 6.48. The van der Waals surface area contributed by atoms with Crippen LogP contribution in [-0.2, 0) is 6.54 Å². The van der Waals surface area contributed by atoms with Crippen molar-refractivity contribution in [1.29, 1.82) is 0 Å². The number of methoxy groups -OCH3 is 1. The second-order valence-electron chi connectivity index (χ2n) is 6.10. The monoisotopic (exact) mass is 351 g/mol. The number of thiocarbonyl (C=S) groups is 1. The zero-order chi connectivity index (χ0) is 18.1. The predicted octanol–water partition coefficient (Wildman–Crippen LogP) is 1.72. The zero-order valence-corrected chi connectivity index (χ0v) is 16.5. The maximum Gasteiger partial charge on any atom is 0.187 e. The number of benzene rings is 1. The van der Waals surface area contributed by atoms with Crippen molar-refractivity contribution in [3.05, 3.63) is 29.3 Å². The number of nitrogens with zero attached hydrogens (tertiary/aromatic N) is 1. The van der Waals surface area contributed by atoms with Crippen LogP contribution < -0.4 is 20.4 Å². The molecule has 0 aliphatic carbocycles. The Labute approximate surface area is 151 Å². The van der Waals surface area contributed by atoms with Gasteiger partial charge in [-0.1, -0.05) is 0 Å². The molecule has 0 unspecified atom stereocenters. The summed E-state index contributed by atoms with van der Waals surface area (Å²) in [5.41, 5.74) is 6.05. The number of hydrazone groups is 1. The molecule has 1 aromatic rings. The molecule has 0 bridgehead atoms. The third kappa shape index (κ3) is 6.45. The van der Waals surface area contributed by atoms with Crippen molar-refractivity contribution in [2.75, 3.05) is 20.2 Å². The average molecular weight is 352 g/mol. The summed E-state index contributed by atoms with van der Waals surface area (Å²) < 4.78 is 5.51. The first-order valence-corrected chi connectivity index (χ1v) is 8.93. The normalized spacial score (nSPS) is 11.8. The molecule has 0 atom stereocenters. The minimum Gasteiger partial charge on any atom is -0.496 e. The molecule has 0 saturated heterocycles. The Bertz CT molecular complexity index is 568. The van der Waals surface area contributed by atoms with Gasteiger partial charge in [-0.25, -0.2) is 0 Å². The lowest BCUT2D eigenvalue weighted by Crippen LogP contribution is -3.10. The number of nitrogens with one attached hydrogen (secondary N) is 3. The summed E-state index contributed by atoms with van der Waals surface area (Å²) in [5, 5.41) is 8.02. The van der Waals surface area contributed by atoms with Gasteiger partial charge in [-0.2, -0.15) is 5.10 Å². The van der Waals surface area contributed by atoms with Gasteiger partial charge in [0.1, 0.15) is 12.3 Å². The van der Waals surface area contributed by atoms with Gasteiger partial charge in [0.15, 0.2) is 5.11 Å². The van der Waals surface area contributed by atoms with Crippen molar-refractivity contribution >= 4 is 23.0 Å². The molecule has 0 saturated carbocycles. The maximum absolute atomic E-state index is 5.51. The molecule has 0 heterocycles. The second kappa shape index (κ2) is 10.3. The van der Waals surface area contributed by atoms with E-state index in [9.17, 15) is 0 Å². The summed E-state index contributed by atoms with van der Waals surface area (Å²) >= 11 is 5.20. The third-order valence-corrected chi connectivity index (χ3v) is 4.09. The minimum atomic E-state index is 0.283. The van der Waals surface area contributed by atoms with Gasteiger partial charge in [0, 0.05) is 11.6 Å². The molecule has 0 spiro atoms. The Kier molecular flexibility index (Phi) is 8.71. The van der Waals surface area contributed by atoms with Crippen LogP contribution in [0, 0.1) is 0 Å². The van der Waals surface area contributed by atoms with E-state index in [0.717, 1.165) is 36.7 Å². The summed E-state index contributed by atoms with van der Waals surface area (Å²) in [4.78, 5) is 1.51. The van der Waals surface area contributed by atoms with Crippen LogP contribution in [0.25, 0.3) is 0 Å². The highest BCUT2D eigenvalue weighted by atomic mass is 32.1. The van der Waals surface area contributed by atoms with Gasteiger partial charge in [-0.15, -0.1) is 0 Å². The van der Waals surface area contributed by atoms with Crippen molar-refractivity contribution in [2.24, 2.45) is 5.10 Å². The zero-order valence-electron chi connectivity index (χ0n) is 15.7. The molecule has 0 amide bonds. The van der Waals surface area contributed by atoms with Crippen molar-refractivity contribution in [3.63, 3.8) is 0 Å². The SMILES string of the molecule is CC[NH+](CC)Cc1cc(/C(C)=N\NC(=S)NC(C)C)ccc1OC. The largest absolute Gasteiger partial charge is 0.496 e. The van der Waals surface area contributed by atoms with E-state index in [1.165, 1.54) is 10.5 Å². The number of hydrogen-bond donors (Lipinski definition) is 3. The predicted molar refractivity (Wildman–Crippen MR) is 105 cm³/mol. The Balaban J connectivity index is 2.93. The number of ether oxygens (including phenoxy) is 1. The summed E-state index contributed by atoms with van der Waals surface area (Å²) in [5.74, 6) is 0.927. The van der Waals surface area contributed by atoms with E-state index in [0.29, 0.717) is 5.11 Å². The summed E-state index contributed by atoms with van der Waals surface area (Å²) in [7, 11) is 1.72. The van der Waals surface area contributed by atoms with Crippen molar-refractivity contribution in [3.8, 4) is 5.75 Å². The van der Waals surface area contributed by atoms with Gasteiger partial charge >= 0.3 is 0 Å². The van der Waals surface area contributed by atoms with E-state index in [-0.39, 0.29) is 6.04 Å². The molecule has 3 N–H and O–H groups in total. The minimum absolute atomic E-state index is 0.283. The van der Waals surface area contributed by atoms with E-state index in [1.54, 1.807) is 7.11 Å². The van der Waals surface area contributed by atoms with E-state index < -0.39 is 0 Å². The van der Waals surface area contributed by atoms with Crippen LogP contribution in [0.4, 0.5) is 0 Å². The van der Waals surface area contributed by atoms with Gasteiger partial charge in [-0.05, 0) is 70.6 Å². The molecule has 1 aromatic carbocycles. The molecular weight excluding hydrogens is 320 g/mol. The van der Waals surface area contributed by atoms with Crippen LogP contribution in [0.1, 0.15) is 45.7 Å². The van der Waals surface area contributed by atoms with E-state index in [1.807, 2.05) is 32.9 Å². The van der Waals surface area contributed by atoms with Gasteiger partial charge < -0.3 is 15.0 Å². The number of quaternary nitrogens is 1. The molecule has 0 aliphatic rings. The number of rotatable bonds is 8. The van der Waals surface area contributed by atoms with E-state index in [4.69, 9.17) is 17.0 Å². The average Bonchev–Trinajstić information content (AvgIpc) is 2.56. The van der Waals surface area contributed by atoms with Crippen LogP contribution in [0.2, 0.25) is 0 Å². The molecule has 0 aromatic heterocycles. The van der Waals surface area contributed by atoms with Crippen LogP contribution >= 0.6 is 12.2 Å². The number of hydrogen-bond acceptors (Lipinski definition) is 3. The molecule has 1 rings (SSSR count). The third-order valence-electron chi connectivity index (χ3n) is 3.88. The first-order valence-electron chi connectivity index (χ1n) is 8.52. The van der Waals surface area contributed by atoms with Gasteiger partial charge in [0.2, 0.25) is 0 Å². The quantitative estimate of drug-likeness (QED) is 0.379. The Morgan fingerprint density at radius 1 is 1.29 bits per heavy atom. The standard InChI is InChI=1S/C18H30N4OS/c1-7-22(8-2)12-16-11-15(9-10-17(16)23-6)14(5)20-21-18(24)19-13(3)4/h9-11,13H,7-8,12H2,1-6H3,(H2,19,21,24)/p+1/b20-14-. The second-order valence-corrected chi connectivity index (χ2v) is 6.51. The maximum atomic E-state index is 5.51. The van der Waals surface area contributed by atoms with Crippen LogP contribution in [0.5, 0.6) is 5.75 Å². The molecule has 134 valence electrons. The lowest BCUT2D eigenvalue weighted by Gasteiger charge is -2.18. The highest BCUT2D eigenvalue weighted by molar-refractivity contribution is 7.80. The van der Waals surface area contributed by atoms with E-state index in [2.05, 4.69) is 35.8 Å². The highest BCUT2D eigenvalue weighted by Crippen LogP contribution is 2.19. The van der Waals surface area contributed by atoms with Crippen molar-refractivity contribution in [2.45, 2.75) is 47.2 Å². The lowest BCUT2D eigenvalue weighted by molar-refractivity contribution is -0.910.